The zero-order valence-corrected chi connectivity index (χ0v) is 12.8. The number of ether oxygens (including phenoxy) is 1. The van der Waals surface area contributed by atoms with Crippen LogP contribution in [0.2, 0.25) is 0 Å². The lowest BCUT2D eigenvalue weighted by molar-refractivity contribution is 0.237. The second-order valence-corrected chi connectivity index (χ2v) is 5.61. The highest BCUT2D eigenvalue weighted by atomic mass is 19.1. The first-order valence-corrected chi connectivity index (χ1v) is 7.73. The number of amides is 2. The summed E-state index contributed by atoms with van der Waals surface area (Å²) in [5.41, 5.74) is 0.443. The van der Waals surface area contributed by atoms with Crippen molar-refractivity contribution in [2.75, 3.05) is 18.5 Å². The zero-order chi connectivity index (χ0) is 15.9. The van der Waals surface area contributed by atoms with Gasteiger partial charge in [-0.25, -0.2) is 9.18 Å². The molecule has 6 heteroatoms. The summed E-state index contributed by atoms with van der Waals surface area (Å²) in [6.07, 6.45) is 3.50. The monoisotopic (exact) mass is 310 g/mol. The van der Waals surface area contributed by atoms with Gasteiger partial charge in [0.25, 0.3) is 0 Å². The van der Waals surface area contributed by atoms with Crippen LogP contribution in [0.25, 0.3) is 0 Å². The molecule has 1 unspecified atom stereocenters. The molecule has 0 heterocycles. The van der Waals surface area contributed by atoms with E-state index in [1.54, 1.807) is 0 Å². The van der Waals surface area contributed by atoms with Crippen molar-refractivity contribution in [1.82, 2.24) is 5.32 Å². The third-order valence-electron chi connectivity index (χ3n) is 3.67. The quantitative estimate of drug-likeness (QED) is 0.691. The molecular weight excluding hydrogens is 287 g/mol. The molecule has 1 aliphatic carbocycles. The van der Waals surface area contributed by atoms with Crippen LogP contribution >= 0.6 is 0 Å². The second kappa shape index (κ2) is 7.98. The minimum atomic E-state index is -0.400. The number of aliphatic hydroxyl groups excluding tert-OH is 1. The maximum absolute atomic E-state index is 13.4. The highest BCUT2D eigenvalue weighted by molar-refractivity contribution is 5.91. The molecule has 22 heavy (non-hydrogen) atoms. The predicted octanol–water partition coefficient (Wildman–Crippen LogP) is 2.90. The number of rotatable bonds is 8. The smallest absolute Gasteiger partial charge is 0.319 e. The van der Waals surface area contributed by atoms with Crippen molar-refractivity contribution in [3.05, 3.63) is 24.0 Å². The summed E-state index contributed by atoms with van der Waals surface area (Å²) >= 11 is 0. The molecule has 0 saturated heterocycles. The van der Waals surface area contributed by atoms with Gasteiger partial charge in [0.05, 0.1) is 12.3 Å². The number of aliphatic hydroxyl groups is 1. The lowest BCUT2D eigenvalue weighted by atomic mass is 10.2. The molecule has 1 saturated carbocycles. The average molecular weight is 310 g/mol. The van der Waals surface area contributed by atoms with Gasteiger partial charge in [0, 0.05) is 18.7 Å². The molecule has 1 atom stereocenters. The number of halogens is 1. The number of hydrogen-bond donors (Lipinski definition) is 3. The summed E-state index contributed by atoms with van der Waals surface area (Å²) in [6, 6.07) is 3.57. The van der Waals surface area contributed by atoms with E-state index in [1.807, 2.05) is 6.92 Å². The largest absolute Gasteiger partial charge is 0.491 e. The molecule has 3 N–H and O–H groups in total. The number of benzene rings is 1. The Kier molecular flexibility index (Phi) is 6.00. The molecule has 2 amide bonds. The summed E-state index contributed by atoms with van der Waals surface area (Å²) in [6.45, 7) is 2.50. The van der Waals surface area contributed by atoms with Crippen LogP contribution in [0.1, 0.15) is 32.6 Å². The zero-order valence-electron chi connectivity index (χ0n) is 12.8. The number of carbonyl (C=O) groups excluding carboxylic acids is 1. The van der Waals surface area contributed by atoms with Crippen LogP contribution in [0.15, 0.2) is 18.2 Å². The first-order valence-electron chi connectivity index (χ1n) is 7.73. The Morgan fingerprint density at radius 3 is 2.91 bits per heavy atom. The third kappa shape index (κ3) is 5.18. The number of hydrogen-bond acceptors (Lipinski definition) is 3. The minimum absolute atomic E-state index is 0.0189. The van der Waals surface area contributed by atoms with Crippen LogP contribution < -0.4 is 15.4 Å². The van der Waals surface area contributed by atoms with E-state index >= 15 is 0 Å². The minimum Gasteiger partial charge on any atom is -0.491 e. The molecule has 0 spiro atoms. The molecular formula is C16H23FN2O3. The normalized spacial score (nSPS) is 15.2. The van der Waals surface area contributed by atoms with Gasteiger partial charge < -0.3 is 20.5 Å². The van der Waals surface area contributed by atoms with E-state index < -0.39 is 5.82 Å². The first kappa shape index (κ1) is 16.5. The molecule has 1 fully saturated rings. The van der Waals surface area contributed by atoms with E-state index in [2.05, 4.69) is 10.6 Å². The van der Waals surface area contributed by atoms with Crippen molar-refractivity contribution >= 4 is 11.7 Å². The number of urea groups is 1. The Morgan fingerprint density at radius 1 is 1.50 bits per heavy atom. The molecule has 0 aliphatic heterocycles. The third-order valence-corrected chi connectivity index (χ3v) is 3.67. The Labute approximate surface area is 129 Å². The molecule has 122 valence electrons. The van der Waals surface area contributed by atoms with Gasteiger partial charge in [-0.3, -0.25) is 0 Å². The molecule has 0 radical (unpaired) electrons. The van der Waals surface area contributed by atoms with Crippen LogP contribution in [-0.2, 0) is 0 Å². The van der Waals surface area contributed by atoms with Gasteiger partial charge in [-0.2, -0.15) is 0 Å². The van der Waals surface area contributed by atoms with Crippen LogP contribution in [0.4, 0.5) is 14.9 Å². The summed E-state index contributed by atoms with van der Waals surface area (Å²) in [4.78, 5) is 12.0. The van der Waals surface area contributed by atoms with Gasteiger partial charge >= 0.3 is 6.03 Å². The Balaban J connectivity index is 1.96. The fourth-order valence-electron chi connectivity index (χ4n) is 2.09. The van der Waals surface area contributed by atoms with Gasteiger partial charge in [-0.1, -0.05) is 6.92 Å². The summed E-state index contributed by atoms with van der Waals surface area (Å²) in [5.74, 6) is 0.486. The number of nitrogens with one attached hydrogen (secondary N) is 2. The van der Waals surface area contributed by atoms with Crippen molar-refractivity contribution in [2.24, 2.45) is 5.92 Å². The Morgan fingerprint density at radius 2 is 2.27 bits per heavy atom. The molecule has 1 aromatic rings. The molecule has 1 aromatic carbocycles. The first-order chi connectivity index (χ1) is 10.6. The fraction of sp³-hybridized carbons (Fsp3) is 0.562. The molecule has 0 aromatic heterocycles. The van der Waals surface area contributed by atoms with Crippen LogP contribution in [0.5, 0.6) is 5.75 Å². The SMILES string of the molecule is CCC(CCO)NC(=O)Nc1ccc(F)cc1OCC1CC1. The van der Waals surface area contributed by atoms with Crippen molar-refractivity contribution in [2.45, 2.75) is 38.6 Å². The van der Waals surface area contributed by atoms with Gasteiger partial charge in [-0.05, 0) is 43.7 Å². The van der Waals surface area contributed by atoms with E-state index in [0.29, 0.717) is 30.4 Å². The summed E-state index contributed by atoms with van der Waals surface area (Å²) in [7, 11) is 0. The molecule has 5 nitrogen and oxygen atoms in total. The van der Waals surface area contributed by atoms with Crippen LogP contribution in [0.3, 0.4) is 0 Å². The maximum atomic E-state index is 13.4. The number of carbonyl (C=O) groups is 1. The van der Waals surface area contributed by atoms with E-state index in [4.69, 9.17) is 9.84 Å². The summed E-state index contributed by atoms with van der Waals surface area (Å²) in [5, 5.41) is 14.4. The van der Waals surface area contributed by atoms with E-state index in [-0.39, 0.29) is 18.7 Å². The van der Waals surface area contributed by atoms with Gasteiger partial charge in [0.1, 0.15) is 11.6 Å². The van der Waals surface area contributed by atoms with Crippen LogP contribution in [0, 0.1) is 11.7 Å². The fourth-order valence-corrected chi connectivity index (χ4v) is 2.09. The topological polar surface area (TPSA) is 70.6 Å². The highest BCUT2D eigenvalue weighted by Gasteiger charge is 2.22. The molecule has 0 bridgehead atoms. The maximum Gasteiger partial charge on any atom is 0.319 e. The van der Waals surface area contributed by atoms with Crippen molar-refractivity contribution < 1.29 is 19.0 Å². The van der Waals surface area contributed by atoms with Crippen molar-refractivity contribution in [3.63, 3.8) is 0 Å². The lowest BCUT2D eigenvalue weighted by Gasteiger charge is -2.17. The standard InChI is InChI=1S/C16H23FN2O3/c1-2-13(7-8-20)18-16(21)19-14-6-5-12(17)9-15(14)22-10-11-3-4-11/h5-6,9,11,13,20H,2-4,7-8,10H2,1H3,(H2,18,19,21). The van der Waals surface area contributed by atoms with Gasteiger partial charge in [-0.15, -0.1) is 0 Å². The Bertz CT molecular complexity index is 506. The van der Waals surface area contributed by atoms with Crippen LogP contribution in [-0.4, -0.2) is 30.4 Å². The number of anilines is 1. The Hall–Kier alpha value is -1.82. The molecule has 1 aliphatic rings. The van der Waals surface area contributed by atoms with Gasteiger partial charge in [0.2, 0.25) is 0 Å². The predicted molar refractivity (Wildman–Crippen MR) is 82.6 cm³/mol. The van der Waals surface area contributed by atoms with Gasteiger partial charge in [0.15, 0.2) is 0 Å². The highest BCUT2D eigenvalue weighted by Crippen LogP contribution is 2.32. The second-order valence-electron chi connectivity index (χ2n) is 5.61. The van der Waals surface area contributed by atoms with E-state index in [0.717, 1.165) is 19.3 Å². The van der Waals surface area contributed by atoms with Crippen molar-refractivity contribution in [3.8, 4) is 5.75 Å². The molecule has 2 rings (SSSR count). The average Bonchev–Trinajstić information content (AvgIpc) is 3.31. The van der Waals surface area contributed by atoms with Crippen molar-refractivity contribution in [1.29, 1.82) is 0 Å². The summed E-state index contributed by atoms with van der Waals surface area (Å²) < 4.78 is 19.0. The van der Waals surface area contributed by atoms with E-state index in [9.17, 15) is 9.18 Å². The van der Waals surface area contributed by atoms with E-state index in [1.165, 1.54) is 18.2 Å². The lowest BCUT2D eigenvalue weighted by Crippen LogP contribution is -2.38.